The second-order valence-corrected chi connectivity index (χ2v) is 7.10. The summed E-state index contributed by atoms with van der Waals surface area (Å²) in [6, 6.07) is 0. The van der Waals surface area contributed by atoms with Crippen LogP contribution in [0, 0.1) is 5.41 Å². The van der Waals surface area contributed by atoms with Crippen molar-refractivity contribution in [3.8, 4) is 0 Å². The van der Waals surface area contributed by atoms with E-state index in [1.54, 1.807) is 6.92 Å². The summed E-state index contributed by atoms with van der Waals surface area (Å²) in [4.78, 5) is 23.6. The molecule has 1 saturated carbocycles. The molecule has 0 spiro atoms. The van der Waals surface area contributed by atoms with E-state index in [2.05, 4.69) is 4.74 Å². The lowest BCUT2D eigenvalue weighted by Gasteiger charge is -2.48. The summed E-state index contributed by atoms with van der Waals surface area (Å²) >= 11 is 0. The zero-order chi connectivity index (χ0) is 20.6. The highest BCUT2D eigenvalue weighted by Crippen LogP contribution is 2.59. The van der Waals surface area contributed by atoms with E-state index in [9.17, 15) is 35.9 Å². The highest BCUT2D eigenvalue weighted by atomic mass is 19.4. The third kappa shape index (κ3) is 3.64. The van der Waals surface area contributed by atoms with Gasteiger partial charge in [0.15, 0.2) is 5.60 Å². The van der Waals surface area contributed by atoms with Gasteiger partial charge in [-0.2, -0.15) is 26.3 Å². The molecule has 1 aliphatic rings. The molecule has 4 nitrogen and oxygen atoms in total. The lowest BCUT2D eigenvalue weighted by atomic mass is 9.78. The second-order valence-electron chi connectivity index (χ2n) is 7.10. The Hall–Kier alpha value is -1.48. The van der Waals surface area contributed by atoms with Crippen LogP contribution in [0.15, 0.2) is 0 Å². The van der Waals surface area contributed by atoms with E-state index < -0.39 is 53.7 Å². The molecule has 0 radical (unpaired) electrons. The summed E-state index contributed by atoms with van der Waals surface area (Å²) in [5, 5.41) is 0. The van der Waals surface area contributed by atoms with Gasteiger partial charge in [0.2, 0.25) is 0 Å². The molecule has 0 aliphatic heterocycles. The molecule has 1 aliphatic carbocycles. The summed E-state index contributed by atoms with van der Waals surface area (Å²) in [7, 11) is 0. The Morgan fingerprint density at radius 3 is 1.69 bits per heavy atom. The maximum atomic E-state index is 13.8. The molecule has 0 N–H and O–H groups in total. The Kier molecular flexibility index (Phi) is 6.00. The number of esters is 2. The molecule has 0 saturated heterocycles. The van der Waals surface area contributed by atoms with E-state index in [1.165, 1.54) is 13.8 Å². The Labute approximate surface area is 147 Å². The molecule has 0 unspecified atom stereocenters. The lowest BCUT2D eigenvalue weighted by Crippen LogP contribution is -2.73. The van der Waals surface area contributed by atoms with Gasteiger partial charge in [0.1, 0.15) is 0 Å². The topological polar surface area (TPSA) is 52.6 Å². The van der Waals surface area contributed by atoms with Gasteiger partial charge >= 0.3 is 29.9 Å². The van der Waals surface area contributed by atoms with Crippen molar-refractivity contribution in [2.45, 2.75) is 83.4 Å². The minimum absolute atomic E-state index is 0.0327. The molecule has 26 heavy (non-hydrogen) atoms. The van der Waals surface area contributed by atoms with Crippen LogP contribution in [0.1, 0.15) is 59.8 Å². The van der Waals surface area contributed by atoms with Crippen molar-refractivity contribution >= 4 is 11.9 Å². The fraction of sp³-hybridized carbons (Fsp3) is 0.875. The number of ether oxygens (including phenoxy) is 2. The van der Waals surface area contributed by atoms with Crippen LogP contribution >= 0.6 is 0 Å². The molecular formula is C16H22F6O4. The maximum absolute atomic E-state index is 13.8. The fourth-order valence-electron chi connectivity index (χ4n) is 3.03. The third-order valence-corrected chi connectivity index (χ3v) is 4.87. The largest absolute Gasteiger partial charge is 0.454 e. The van der Waals surface area contributed by atoms with E-state index in [1.807, 2.05) is 0 Å². The number of alkyl halides is 6. The summed E-state index contributed by atoms with van der Waals surface area (Å²) < 4.78 is 91.5. The van der Waals surface area contributed by atoms with Crippen LogP contribution in [0.2, 0.25) is 0 Å². The van der Waals surface area contributed by atoms with Gasteiger partial charge < -0.3 is 9.47 Å². The number of carbonyl (C=O) groups is 2. The van der Waals surface area contributed by atoms with Gasteiger partial charge in [-0.05, 0) is 46.0 Å². The van der Waals surface area contributed by atoms with Crippen molar-refractivity contribution in [1.29, 1.82) is 0 Å². The van der Waals surface area contributed by atoms with E-state index >= 15 is 0 Å². The van der Waals surface area contributed by atoms with Crippen LogP contribution in [0.4, 0.5) is 26.3 Å². The molecular weight excluding hydrogens is 370 g/mol. The van der Waals surface area contributed by atoms with Crippen LogP contribution in [-0.4, -0.2) is 35.5 Å². The molecule has 0 atom stereocenters. The van der Waals surface area contributed by atoms with Crippen molar-refractivity contribution in [2.75, 3.05) is 0 Å². The predicted molar refractivity (Wildman–Crippen MR) is 78.0 cm³/mol. The van der Waals surface area contributed by atoms with Crippen molar-refractivity contribution in [1.82, 2.24) is 0 Å². The van der Waals surface area contributed by atoms with Gasteiger partial charge in [-0.25, -0.2) is 0 Å². The lowest BCUT2D eigenvalue weighted by molar-refractivity contribution is -0.412. The molecule has 1 rings (SSSR count). The summed E-state index contributed by atoms with van der Waals surface area (Å²) in [6.45, 7) is 4.71. The van der Waals surface area contributed by atoms with E-state index in [0.717, 1.165) is 0 Å². The van der Waals surface area contributed by atoms with Crippen LogP contribution in [-0.2, 0) is 19.1 Å². The molecule has 0 aromatic rings. The Bertz CT molecular complexity index is 530. The average Bonchev–Trinajstić information content (AvgIpc) is 2.91. The van der Waals surface area contributed by atoms with Crippen LogP contribution in [0.5, 0.6) is 0 Å². The zero-order valence-electron chi connectivity index (χ0n) is 14.9. The number of rotatable bonds is 5. The molecule has 1 fully saturated rings. The SMILES string of the molecule is CCC(C)(C)C(=O)OC1(C(OC(C)=O)(C(F)(F)F)C(F)(F)F)CCCC1. The van der Waals surface area contributed by atoms with Crippen molar-refractivity contribution in [2.24, 2.45) is 5.41 Å². The van der Waals surface area contributed by atoms with E-state index in [-0.39, 0.29) is 19.3 Å². The number of hydrogen-bond acceptors (Lipinski definition) is 4. The van der Waals surface area contributed by atoms with E-state index in [0.29, 0.717) is 6.92 Å². The Morgan fingerprint density at radius 2 is 1.38 bits per heavy atom. The second kappa shape index (κ2) is 6.92. The molecule has 10 heteroatoms. The molecule has 0 heterocycles. The number of hydrogen-bond donors (Lipinski definition) is 0. The molecule has 0 bridgehead atoms. The summed E-state index contributed by atoms with van der Waals surface area (Å²) in [5.41, 5.74) is -9.28. The first-order chi connectivity index (χ1) is 11.6. The van der Waals surface area contributed by atoms with Gasteiger partial charge in [-0.15, -0.1) is 0 Å². The van der Waals surface area contributed by atoms with Gasteiger partial charge in [-0.1, -0.05) is 6.92 Å². The highest BCUT2D eigenvalue weighted by Gasteiger charge is 2.84. The van der Waals surface area contributed by atoms with Crippen molar-refractivity contribution in [3.63, 3.8) is 0 Å². The van der Waals surface area contributed by atoms with Crippen LogP contribution in [0.25, 0.3) is 0 Å². The first-order valence-corrected chi connectivity index (χ1v) is 8.13. The predicted octanol–water partition coefficient (Wildman–Crippen LogP) is 4.71. The maximum Gasteiger partial charge on any atom is 0.441 e. The minimum atomic E-state index is -6.03. The van der Waals surface area contributed by atoms with Gasteiger partial charge in [0, 0.05) is 6.92 Å². The molecule has 152 valence electrons. The summed E-state index contributed by atoms with van der Waals surface area (Å²) in [6.07, 6.45) is -13.4. The zero-order valence-corrected chi connectivity index (χ0v) is 14.9. The Morgan fingerprint density at radius 1 is 0.962 bits per heavy atom. The standard InChI is InChI=1S/C16H22F6O4/c1-5-12(3,4)11(24)26-13(8-6-7-9-13)14(15(17,18)19,16(20,21)22)25-10(2)23/h5-9H2,1-4H3. The molecule has 0 aromatic heterocycles. The van der Waals surface area contributed by atoms with Gasteiger partial charge in [0.25, 0.3) is 0 Å². The van der Waals surface area contributed by atoms with Gasteiger partial charge in [-0.3, -0.25) is 9.59 Å². The Balaban J connectivity index is 3.65. The molecule has 0 aromatic carbocycles. The number of halogens is 6. The number of carbonyl (C=O) groups excluding carboxylic acids is 2. The fourth-order valence-corrected chi connectivity index (χ4v) is 3.03. The normalized spacial score (nSPS) is 18.5. The smallest absolute Gasteiger partial charge is 0.441 e. The quantitative estimate of drug-likeness (QED) is 0.503. The monoisotopic (exact) mass is 392 g/mol. The third-order valence-electron chi connectivity index (χ3n) is 4.87. The average molecular weight is 392 g/mol. The van der Waals surface area contributed by atoms with Crippen molar-refractivity contribution < 1.29 is 45.4 Å². The van der Waals surface area contributed by atoms with Gasteiger partial charge in [0.05, 0.1) is 5.41 Å². The van der Waals surface area contributed by atoms with E-state index in [4.69, 9.17) is 4.74 Å². The van der Waals surface area contributed by atoms with Crippen LogP contribution < -0.4 is 0 Å². The first kappa shape index (κ1) is 22.6. The summed E-state index contributed by atoms with van der Waals surface area (Å²) in [5.74, 6) is -2.97. The minimum Gasteiger partial charge on any atom is -0.454 e. The first-order valence-electron chi connectivity index (χ1n) is 8.13. The highest BCUT2D eigenvalue weighted by molar-refractivity contribution is 5.76. The van der Waals surface area contributed by atoms with Crippen molar-refractivity contribution in [3.05, 3.63) is 0 Å². The molecule has 0 amide bonds. The van der Waals surface area contributed by atoms with Crippen LogP contribution in [0.3, 0.4) is 0 Å².